The molecule has 1 saturated heterocycles. The first-order valence-electron chi connectivity index (χ1n) is 7.19. The number of esters is 1. The minimum atomic E-state index is -0.743. The molecule has 116 valence electrons. The van der Waals surface area contributed by atoms with E-state index in [2.05, 4.69) is 6.07 Å². The standard InChI is InChI=1S/C16H18N2O4/c1-2-21-15(19)14-8-13(9-17)10-18(14)16(20)22-11-12-6-4-3-5-7-12/h3-7,13-14H,2,8,10-11H2,1H3/t13-,14+/m1/s1. The van der Waals surface area contributed by atoms with Gasteiger partial charge in [-0.25, -0.2) is 9.59 Å². The highest BCUT2D eigenvalue weighted by Gasteiger charge is 2.41. The zero-order valence-corrected chi connectivity index (χ0v) is 12.4. The molecule has 1 amide bonds. The number of benzene rings is 1. The van der Waals surface area contributed by atoms with Crippen LogP contribution in [0.5, 0.6) is 0 Å². The molecular weight excluding hydrogens is 284 g/mol. The van der Waals surface area contributed by atoms with Gasteiger partial charge >= 0.3 is 12.1 Å². The smallest absolute Gasteiger partial charge is 0.410 e. The number of carbonyl (C=O) groups excluding carboxylic acids is 2. The average Bonchev–Trinajstić information content (AvgIpc) is 2.98. The predicted octanol–water partition coefficient (Wildman–Crippen LogP) is 2.10. The van der Waals surface area contributed by atoms with Crippen LogP contribution in [0.2, 0.25) is 0 Å². The summed E-state index contributed by atoms with van der Waals surface area (Å²) in [4.78, 5) is 25.4. The van der Waals surface area contributed by atoms with Crippen molar-refractivity contribution in [2.45, 2.75) is 26.0 Å². The maximum absolute atomic E-state index is 12.2. The first kappa shape index (κ1) is 15.8. The van der Waals surface area contributed by atoms with Crippen LogP contribution in [0.4, 0.5) is 4.79 Å². The van der Waals surface area contributed by atoms with Gasteiger partial charge in [0.05, 0.1) is 18.6 Å². The Labute approximate surface area is 129 Å². The second kappa shape index (κ2) is 7.46. The molecule has 1 fully saturated rings. The van der Waals surface area contributed by atoms with Crippen molar-refractivity contribution in [2.75, 3.05) is 13.2 Å². The van der Waals surface area contributed by atoms with Gasteiger partial charge in [-0.15, -0.1) is 0 Å². The van der Waals surface area contributed by atoms with E-state index >= 15 is 0 Å². The molecule has 0 saturated carbocycles. The van der Waals surface area contributed by atoms with Crippen molar-refractivity contribution >= 4 is 12.1 Å². The lowest BCUT2D eigenvalue weighted by atomic mass is 10.1. The van der Waals surface area contributed by atoms with Gasteiger partial charge in [0.15, 0.2) is 0 Å². The van der Waals surface area contributed by atoms with E-state index in [1.807, 2.05) is 30.3 Å². The molecular formula is C16H18N2O4. The first-order valence-corrected chi connectivity index (χ1v) is 7.19. The molecule has 1 aliphatic rings. The van der Waals surface area contributed by atoms with Gasteiger partial charge in [0, 0.05) is 6.54 Å². The lowest BCUT2D eigenvalue weighted by molar-refractivity contribution is -0.147. The highest BCUT2D eigenvalue weighted by Crippen LogP contribution is 2.25. The lowest BCUT2D eigenvalue weighted by Crippen LogP contribution is -2.41. The van der Waals surface area contributed by atoms with Crippen LogP contribution in [-0.2, 0) is 20.9 Å². The highest BCUT2D eigenvalue weighted by molar-refractivity contribution is 5.82. The zero-order chi connectivity index (χ0) is 15.9. The highest BCUT2D eigenvalue weighted by atomic mass is 16.6. The Kier molecular flexibility index (Phi) is 5.37. The third-order valence-electron chi connectivity index (χ3n) is 3.48. The molecule has 2 atom stereocenters. The number of amides is 1. The minimum Gasteiger partial charge on any atom is -0.464 e. The minimum absolute atomic E-state index is 0.128. The first-order chi connectivity index (χ1) is 10.7. The van der Waals surface area contributed by atoms with Crippen molar-refractivity contribution in [2.24, 2.45) is 5.92 Å². The van der Waals surface area contributed by atoms with Gasteiger partial charge in [-0.2, -0.15) is 5.26 Å². The van der Waals surface area contributed by atoms with E-state index < -0.39 is 18.1 Å². The summed E-state index contributed by atoms with van der Waals surface area (Å²) in [5.74, 6) is -0.865. The van der Waals surface area contributed by atoms with E-state index in [1.54, 1.807) is 6.92 Å². The second-order valence-electron chi connectivity index (χ2n) is 5.02. The van der Waals surface area contributed by atoms with Gasteiger partial charge in [0.25, 0.3) is 0 Å². The van der Waals surface area contributed by atoms with Crippen LogP contribution in [0.3, 0.4) is 0 Å². The van der Waals surface area contributed by atoms with Crippen molar-refractivity contribution in [1.82, 2.24) is 4.90 Å². The van der Waals surface area contributed by atoms with Crippen LogP contribution in [0, 0.1) is 17.2 Å². The van der Waals surface area contributed by atoms with Gasteiger partial charge in [-0.3, -0.25) is 4.90 Å². The largest absolute Gasteiger partial charge is 0.464 e. The maximum atomic E-state index is 12.2. The summed E-state index contributed by atoms with van der Waals surface area (Å²) >= 11 is 0. The summed E-state index contributed by atoms with van der Waals surface area (Å²) in [7, 11) is 0. The molecule has 0 aliphatic carbocycles. The third kappa shape index (κ3) is 3.76. The quantitative estimate of drug-likeness (QED) is 0.796. The van der Waals surface area contributed by atoms with Crippen molar-refractivity contribution in [3.05, 3.63) is 35.9 Å². The van der Waals surface area contributed by atoms with Crippen LogP contribution < -0.4 is 0 Å². The van der Waals surface area contributed by atoms with E-state index in [9.17, 15) is 9.59 Å². The van der Waals surface area contributed by atoms with E-state index in [0.717, 1.165) is 5.56 Å². The summed E-state index contributed by atoms with van der Waals surface area (Å²) in [5.41, 5.74) is 0.861. The molecule has 0 unspecified atom stereocenters. The number of nitrogens with zero attached hydrogens (tertiary/aromatic N) is 2. The molecule has 6 nitrogen and oxygen atoms in total. The van der Waals surface area contributed by atoms with Gasteiger partial charge in [-0.05, 0) is 18.9 Å². The molecule has 2 rings (SSSR count). The van der Waals surface area contributed by atoms with Crippen molar-refractivity contribution in [3.8, 4) is 6.07 Å². The number of rotatable bonds is 4. The summed E-state index contributed by atoms with van der Waals surface area (Å²) < 4.78 is 10.2. The molecule has 0 N–H and O–H groups in total. The fourth-order valence-corrected chi connectivity index (χ4v) is 2.40. The third-order valence-corrected chi connectivity index (χ3v) is 3.48. The number of hydrogen-bond acceptors (Lipinski definition) is 5. The number of ether oxygens (including phenoxy) is 2. The van der Waals surface area contributed by atoms with Crippen LogP contribution in [0.1, 0.15) is 18.9 Å². The molecule has 1 heterocycles. The zero-order valence-electron chi connectivity index (χ0n) is 12.4. The van der Waals surface area contributed by atoms with E-state index in [-0.39, 0.29) is 32.1 Å². The van der Waals surface area contributed by atoms with Crippen molar-refractivity contribution in [1.29, 1.82) is 5.26 Å². The van der Waals surface area contributed by atoms with Gasteiger partial charge in [-0.1, -0.05) is 30.3 Å². The number of carbonyl (C=O) groups is 2. The van der Waals surface area contributed by atoms with Crippen molar-refractivity contribution < 1.29 is 19.1 Å². The normalized spacial score (nSPS) is 20.3. The fraction of sp³-hybridized carbons (Fsp3) is 0.438. The Morgan fingerprint density at radius 1 is 1.32 bits per heavy atom. The summed E-state index contributed by atoms with van der Waals surface area (Å²) in [6, 6.07) is 10.6. The molecule has 0 bridgehead atoms. The Morgan fingerprint density at radius 3 is 2.68 bits per heavy atom. The SMILES string of the molecule is CCOC(=O)[C@@H]1C[C@H](C#N)CN1C(=O)OCc1ccccc1. The van der Waals surface area contributed by atoms with E-state index in [1.165, 1.54) is 4.90 Å². The second-order valence-corrected chi connectivity index (χ2v) is 5.02. The summed E-state index contributed by atoms with van der Waals surface area (Å²) in [6.07, 6.45) is -0.310. The van der Waals surface area contributed by atoms with Gasteiger partial charge < -0.3 is 9.47 Å². The monoisotopic (exact) mass is 302 g/mol. The molecule has 1 aliphatic heterocycles. The maximum Gasteiger partial charge on any atom is 0.410 e. The Hall–Kier alpha value is -2.55. The van der Waals surface area contributed by atoms with Gasteiger partial charge in [0.2, 0.25) is 0 Å². The van der Waals surface area contributed by atoms with Crippen LogP contribution in [0.15, 0.2) is 30.3 Å². The number of likely N-dealkylation sites (tertiary alicyclic amines) is 1. The number of hydrogen-bond donors (Lipinski definition) is 0. The molecule has 22 heavy (non-hydrogen) atoms. The summed E-state index contributed by atoms with van der Waals surface area (Å²) in [5, 5.41) is 9.02. The summed E-state index contributed by atoms with van der Waals surface area (Å²) in [6.45, 7) is 2.25. The Balaban J connectivity index is 1.99. The van der Waals surface area contributed by atoms with Crippen LogP contribution in [-0.4, -0.2) is 36.2 Å². The van der Waals surface area contributed by atoms with Crippen molar-refractivity contribution in [3.63, 3.8) is 0 Å². The molecule has 1 aromatic carbocycles. The molecule has 0 radical (unpaired) electrons. The number of nitriles is 1. The molecule has 0 aromatic heterocycles. The van der Waals surface area contributed by atoms with E-state index in [4.69, 9.17) is 14.7 Å². The van der Waals surface area contributed by atoms with Crippen LogP contribution >= 0.6 is 0 Å². The average molecular weight is 302 g/mol. The Bertz CT molecular complexity index is 567. The van der Waals surface area contributed by atoms with Crippen LogP contribution in [0.25, 0.3) is 0 Å². The fourth-order valence-electron chi connectivity index (χ4n) is 2.40. The lowest BCUT2D eigenvalue weighted by Gasteiger charge is -2.22. The molecule has 0 spiro atoms. The van der Waals surface area contributed by atoms with Gasteiger partial charge in [0.1, 0.15) is 12.6 Å². The molecule has 6 heteroatoms. The van der Waals surface area contributed by atoms with E-state index in [0.29, 0.717) is 0 Å². The topological polar surface area (TPSA) is 79.6 Å². The Morgan fingerprint density at radius 2 is 2.05 bits per heavy atom. The molecule has 1 aromatic rings. The predicted molar refractivity (Wildman–Crippen MR) is 77.5 cm³/mol.